The fraction of sp³-hybridized carbons (Fsp3) is 0.158. The second kappa shape index (κ2) is 5.76. The van der Waals surface area contributed by atoms with Crippen LogP contribution < -0.4 is 0 Å². The van der Waals surface area contributed by atoms with Crippen molar-refractivity contribution in [1.82, 2.24) is 9.88 Å². The molecule has 2 N–H and O–H groups in total. The van der Waals surface area contributed by atoms with E-state index in [0.29, 0.717) is 29.5 Å². The highest BCUT2D eigenvalue weighted by Gasteiger charge is 2.30. The number of aromatic nitrogens is 1. The lowest BCUT2D eigenvalue weighted by molar-refractivity contribution is 0.347. The predicted octanol–water partition coefficient (Wildman–Crippen LogP) is 4.37. The Hall–Kier alpha value is -2.66. The van der Waals surface area contributed by atoms with Crippen LogP contribution in [0.2, 0.25) is 0 Å². The number of hydrogen-bond donors (Lipinski definition) is 2. The molecule has 4 nitrogen and oxygen atoms in total. The third-order valence-corrected chi connectivity index (χ3v) is 5.24. The standard InChI is InChI=1S/C19H17N3OS/c1-12-6-8-13(9-7-12)10-22-11-15(23)17(18(22)20)19-21-14-4-2-3-5-16(14)24-19/h2-9,20,23H,10-11H2,1H3. The van der Waals surface area contributed by atoms with E-state index in [2.05, 4.69) is 36.2 Å². The van der Waals surface area contributed by atoms with Crippen LogP contribution in [-0.2, 0) is 6.54 Å². The monoisotopic (exact) mass is 335 g/mol. The molecule has 0 atom stereocenters. The van der Waals surface area contributed by atoms with Crippen LogP contribution in [0.25, 0.3) is 15.8 Å². The van der Waals surface area contributed by atoms with Crippen molar-refractivity contribution in [2.24, 2.45) is 0 Å². The van der Waals surface area contributed by atoms with Gasteiger partial charge in [-0.3, -0.25) is 5.41 Å². The van der Waals surface area contributed by atoms with E-state index >= 15 is 0 Å². The number of aryl methyl sites for hydroxylation is 1. The van der Waals surface area contributed by atoms with E-state index in [4.69, 9.17) is 5.41 Å². The molecule has 1 aliphatic rings. The summed E-state index contributed by atoms with van der Waals surface area (Å²) in [7, 11) is 0. The first-order valence-electron chi connectivity index (χ1n) is 7.79. The molecule has 4 rings (SSSR count). The van der Waals surface area contributed by atoms with Gasteiger partial charge in [0.25, 0.3) is 0 Å². The van der Waals surface area contributed by atoms with Gasteiger partial charge in [0.05, 0.1) is 22.3 Å². The van der Waals surface area contributed by atoms with Gasteiger partial charge in [0.2, 0.25) is 0 Å². The van der Waals surface area contributed by atoms with E-state index < -0.39 is 0 Å². The zero-order valence-electron chi connectivity index (χ0n) is 13.3. The quantitative estimate of drug-likeness (QED) is 0.747. The van der Waals surface area contributed by atoms with Gasteiger partial charge in [-0.1, -0.05) is 42.0 Å². The fourth-order valence-corrected chi connectivity index (χ4v) is 3.92. The number of benzene rings is 2. The van der Waals surface area contributed by atoms with Gasteiger partial charge in [0.1, 0.15) is 16.6 Å². The highest BCUT2D eigenvalue weighted by molar-refractivity contribution is 7.19. The third-order valence-electron chi connectivity index (χ3n) is 4.18. The van der Waals surface area contributed by atoms with Crippen molar-refractivity contribution in [1.29, 1.82) is 5.41 Å². The first-order chi connectivity index (χ1) is 11.6. The minimum atomic E-state index is 0.228. The Labute approximate surface area is 144 Å². The normalized spacial score (nSPS) is 14.9. The zero-order chi connectivity index (χ0) is 16.7. The van der Waals surface area contributed by atoms with Gasteiger partial charge < -0.3 is 10.0 Å². The average Bonchev–Trinajstić information content (AvgIpc) is 3.10. The molecule has 3 aromatic rings. The minimum Gasteiger partial charge on any atom is -0.510 e. The molecule has 0 saturated heterocycles. The van der Waals surface area contributed by atoms with Crippen molar-refractivity contribution >= 4 is 33.0 Å². The molecule has 0 amide bonds. The van der Waals surface area contributed by atoms with Crippen molar-refractivity contribution in [3.8, 4) is 0 Å². The highest BCUT2D eigenvalue weighted by Crippen LogP contribution is 2.33. The Morgan fingerprint density at radius 2 is 1.92 bits per heavy atom. The van der Waals surface area contributed by atoms with Crippen LogP contribution in [0, 0.1) is 12.3 Å². The molecule has 2 aromatic carbocycles. The smallest absolute Gasteiger partial charge is 0.135 e. The van der Waals surface area contributed by atoms with Gasteiger partial charge >= 0.3 is 0 Å². The summed E-state index contributed by atoms with van der Waals surface area (Å²) in [5, 5.41) is 19.6. The van der Waals surface area contributed by atoms with Crippen molar-refractivity contribution in [2.45, 2.75) is 13.5 Å². The molecule has 1 aliphatic heterocycles. The van der Waals surface area contributed by atoms with E-state index in [1.54, 1.807) is 0 Å². The molecule has 0 spiro atoms. The second-order valence-corrected chi connectivity index (χ2v) is 7.03. The Morgan fingerprint density at radius 3 is 2.67 bits per heavy atom. The lowest BCUT2D eigenvalue weighted by Crippen LogP contribution is -2.26. The van der Waals surface area contributed by atoms with Crippen LogP contribution in [0.15, 0.2) is 54.3 Å². The number of nitrogens with zero attached hydrogens (tertiary/aromatic N) is 2. The maximum atomic E-state index is 10.4. The number of aliphatic hydroxyl groups is 1. The van der Waals surface area contributed by atoms with E-state index in [1.807, 2.05) is 29.2 Å². The highest BCUT2D eigenvalue weighted by atomic mass is 32.1. The summed E-state index contributed by atoms with van der Waals surface area (Å²) >= 11 is 1.52. The van der Waals surface area contributed by atoms with E-state index in [1.165, 1.54) is 16.9 Å². The van der Waals surface area contributed by atoms with Crippen LogP contribution in [-0.4, -0.2) is 27.4 Å². The largest absolute Gasteiger partial charge is 0.510 e. The molecule has 5 heteroatoms. The van der Waals surface area contributed by atoms with Crippen molar-refractivity contribution < 1.29 is 5.11 Å². The molecule has 0 saturated carbocycles. The van der Waals surface area contributed by atoms with Crippen molar-refractivity contribution in [2.75, 3.05) is 6.54 Å². The van der Waals surface area contributed by atoms with Crippen LogP contribution in [0.3, 0.4) is 0 Å². The molecule has 24 heavy (non-hydrogen) atoms. The summed E-state index contributed by atoms with van der Waals surface area (Å²) in [6.07, 6.45) is 0. The third kappa shape index (κ3) is 2.57. The van der Waals surface area contributed by atoms with E-state index in [-0.39, 0.29) is 5.76 Å². The van der Waals surface area contributed by atoms with Crippen LogP contribution in [0.1, 0.15) is 16.1 Å². The zero-order valence-corrected chi connectivity index (χ0v) is 14.1. The lowest BCUT2D eigenvalue weighted by Gasteiger charge is -2.18. The molecule has 2 heterocycles. The number of thiazole rings is 1. The summed E-state index contributed by atoms with van der Waals surface area (Å²) in [5.74, 6) is 0.568. The average molecular weight is 335 g/mol. The van der Waals surface area contributed by atoms with Crippen LogP contribution >= 0.6 is 11.3 Å². The molecule has 0 unspecified atom stereocenters. The molecule has 0 bridgehead atoms. The second-order valence-electron chi connectivity index (χ2n) is 6.00. The summed E-state index contributed by atoms with van der Waals surface area (Å²) in [6.45, 7) is 3.02. The Bertz CT molecular complexity index is 923. The van der Waals surface area contributed by atoms with Crippen LogP contribution in [0.5, 0.6) is 0 Å². The topological polar surface area (TPSA) is 60.2 Å². The molecule has 0 radical (unpaired) electrons. The number of fused-ring (bicyclic) bond motifs is 1. The number of amidine groups is 1. The predicted molar refractivity (Wildman–Crippen MR) is 98.5 cm³/mol. The minimum absolute atomic E-state index is 0.228. The first-order valence-corrected chi connectivity index (χ1v) is 8.61. The van der Waals surface area contributed by atoms with Crippen molar-refractivity contribution in [3.05, 3.63) is 70.4 Å². The van der Waals surface area contributed by atoms with E-state index in [9.17, 15) is 5.11 Å². The summed E-state index contributed by atoms with van der Waals surface area (Å²) in [6, 6.07) is 16.1. The summed E-state index contributed by atoms with van der Waals surface area (Å²) in [4.78, 5) is 6.46. The van der Waals surface area contributed by atoms with Crippen LogP contribution in [0.4, 0.5) is 0 Å². The van der Waals surface area contributed by atoms with Gasteiger partial charge in [-0.05, 0) is 24.6 Å². The molecule has 0 aliphatic carbocycles. The van der Waals surface area contributed by atoms with Gasteiger partial charge in [-0.15, -0.1) is 11.3 Å². The maximum Gasteiger partial charge on any atom is 0.135 e. The molecular formula is C19H17N3OS. The number of para-hydroxylation sites is 1. The summed E-state index contributed by atoms with van der Waals surface area (Å²) in [5.41, 5.74) is 3.81. The molecular weight excluding hydrogens is 318 g/mol. The molecule has 0 fully saturated rings. The lowest BCUT2D eigenvalue weighted by atomic mass is 10.1. The first kappa shape index (κ1) is 14.9. The molecule has 1 aromatic heterocycles. The maximum absolute atomic E-state index is 10.4. The Balaban J connectivity index is 1.61. The van der Waals surface area contributed by atoms with Crippen molar-refractivity contribution in [3.63, 3.8) is 0 Å². The van der Waals surface area contributed by atoms with Gasteiger partial charge in [-0.2, -0.15) is 0 Å². The number of rotatable bonds is 3. The Morgan fingerprint density at radius 1 is 1.17 bits per heavy atom. The Kier molecular flexibility index (Phi) is 3.58. The fourth-order valence-electron chi connectivity index (χ4n) is 2.89. The van der Waals surface area contributed by atoms with Gasteiger partial charge in [0.15, 0.2) is 0 Å². The SMILES string of the molecule is Cc1ccc(CN2CC(O)=C(c3nc4ccccc4s3)C2=N)cc1. The number of nitrogens with one attached hydrogen (secondary N) is 1. The van der Waals surface area contributed by atoms with Gasteiger partial charge in [0, 0.05) is 6.54 Å². The number of aliphatic hydroxyl groups excluding tert-OH is 1. The summed E-state index contributed by atoms with van der Waals surface area (Å²) < 4.78 is 1.07. The van der Waals surface area contributed by atoms with Gasteiger partial charge in [-0.25, -0.2) is 4.98 Å². The number of hydrogen-bond acceptors (Lipinski definition) is 4. The molecule has 120 valence electrons. The van der Waals surface area contributed by atoms with E-state index in [0.717, 1.165) is 15.8 Å².